The SMILES string of the molecule is C#C.C/C=C(/Cc1cc(OC)c(-c2cccc3c(CCC)cccc23)c(OC)c1)N(C)CC.C=C(NCC)C1(C(C)(F)F)CCN(CC(C)(F)F)CC1.CC.O=CO. The van der Waals surface area contributed by atoms with Crippen molar-refractivity contribution in [2.45, 2.75) is 99.3 Å². The summed E-state index contributed by atoms with van der Waals surface area (Å²) in [7, 11) is 5.61. The van der Waals surface area contributed by atoms with Gasteiger partial charge in [-0.3, -0.25) is 9.69 Å². The van der Waals surface area contributed by atoms with Crippen LogP contribution < -0.4 is 14.8 Å². The molecule has 0 unspecified atom stereocenters. The number of terminal acetylenes is 1. The van der Waals surface area contributed by atoms with Gasteiger partial charge in [0.15, 0.2) is 0 Å². The van der Waals surface area contributed by atoms with Crippen LogP contribution in [0.4, 0.5) is 17.6 Å². The van der Waals surface area contributed by atoms with Crippen LogP contribution in [-0.2, 0) is 17.6 Å². The van der Waals surface area contributed by atoms with E-state index < -0.39 is 17.3 Å². The number of halogens is 4. The topological polar surface area (TPSA) is 74.3 Å². The monoisotopic (exact) mass is 816 g/mol. The summed E-state index contributed by atoms with van der Waals surface area (Å²) < 4.78 is 65.9. The summed E-state index contributed by atoms with van der Waals surface area (Å²) >= 11 is 0. The quantitative estimate of drug-likeness (QED) is 0.0899. The van der Waals surface area contributed by atoms with Crippen molar-refractivity contribution in [3.8, 4) is 35.5 Å². The molecular formula is C47H69F4N3O4. The van der Waals surface area contributed by atoms with E-state index in [-0.39, 0.29) is 38.9 Å². The van der Waals surface area contributed by atoms with Crippen LogP contribution in [0.1, 0.15) is 85.8 Å². The maximum Gasteiger partial charge on any atom is 0.290 e. The van der Waals surface area contributed by atoms with Crippen LogP contribution in [0.15, 0.2) is 72.6 Å². The summed E-state index contributed by atoms with van der Waals surface area (Å²) in [6.07, 6.45) is 13.5. The van der Waals surface area contributed by atoms with Gasteiger partial charge in [0.05, 0.1) is 31.7 Å². The molecule has 3 aromatic rings. The Morgan fingerprint density at radius 1 is 0.983 bits per heavy atom. The first-order valence-corrected chi connectivity index (χ1v) is 20.0. The fraction of sp³-hybridized carbons (Fsp3) is 0.511. The summed E-state index contributed by atoms with van der Waals surface area (Å²) in [4.78, 5) is 12.2. The van der Waals surface area contributed by atoms with E-state index in [1.165, 1.54) is 27.6 Å². The number of methoxy groups -OCH3 is 2. The number of alkyl halides is 4. The highest BCUT2D eigenvalue weighted by Gasteiger charge is 2.53. The molecule has 1 fully saturated rings. The third-order valence-electron chi connectivity index (χ3n) is 10.1. The zero-order valence-corrected chi connectivity index (χ0v) is 36.8. The Hall–Kier alpha value is -4.69. The number of piperidine rings is 1. The second-order valence-electron chi connectivity index (χ2n) is 13.8. The maximum atomic E-state index is 14.0. The van der Waals surface area contributed by atoms with Crippen molar-refractivity contribution in [2.24, 2.45) is 5.41 Å². The van der Waals surface area contributed by atoms with E-state index in [4.69, 9.17) is 19.4 Å². The third-order valence-corrected chi connectivity index (χ3v) is 10.1. The summed E-state index contributed by atoms with van der Waals surface area (Å²) in [5.41, 5.74) is 4.98. The van der Waals surface area contributed by atoms with Gasteiger partial charge in [-0.1, -0.05) is 76.2 Å². The van der Waals surface area contributed by atoms with E-state index in [0.29, 0.717) is 12.2 Å². The molecule has 4 rings (SSSR count). The fourth-order valence-electron chi connectivity index (χ4n) is 7.16. The Kier molecular flexibility index (Phi) is 24.2. The number of nitrogens with zero attached hydrogens (tertiary/aromatic N) is 2. The summed E-state index contributed by atoms with van der Waals surface area (Å²) in [6, 6.07) is 17.4. The first-order chi connectivity index (χ1) is 27.5. The zero-order chi connectivity index (χ0) is 44.7. The number of rotatable bonds is 15. The number of carboxylic acid groups (broad SMARTS) is 1. The number of benzene rings is 3. The van der Waals surface area contributed by atoms with Crippen LogP contribution in [-0.4, -0.2) is 87.2 Å². The van der Waals surface area contributed by atoms with Gasteiger partial charge in [0.2, 0.25) is 0 Å². The number of aryl methyl sites for hydroxylation is 1. The average Bonchev–Trinajstić information content (AvgIpc) is 3.20. The fourth-order valence-corrected chi connectivity index (χ4v) is 7.16. The minimum atomic E-state index is -2.92. The molecule has 0 aromatic heterocycles. The van der Waals surface area contributed by atoms with Gasteiger partial charge in [0.1, 0.15) is 11.5 Å². The van der Waals surface area contributed by atoms with Crippen LogP contribution in [0.5, 0.6) is 11.5 Å². The van der Waals surface area contributed by atoms with E-state index in [9.17, 15) is 17.6 Å². The molecular weight excluding hydrogens is 747 g/mol. The molecule has 1 aliphatic rings. The lowest BCUT2D eigenvalue weighted by molar-refractivity contribution is -0.123. The predicted molar refractivity (Wildman–Crippen MR) is 234 cm³/mol. The van der Waals surface area contributed by atoms with E-state index in [1.807, 2.05) is 20.8 Å². The van der Waals surface area contributed by atoms with Gasteiger partial charge in [-0.2, -0.15) is 0 Å². The molecule has 324 valence electrons. The maximum absolute atomic E-state index is 14.0. The van der Waals surface area contributed by atoms with Crippen molar-refractivity contribution >= 4 is 17.2 Å². The molecule has 1 heterocycles. The molecule has 1 saturated heterocycles. The number of carbonyl (C=O) groups is 1. The van der Waals surface area contributed by atoms with Gasteiger partial charge >= 0.3 is 0 Å². The van der Waals surface area contributed by atoms with Crippen LogP contribution >= 0.6 is 0 Å². The van der Waals surface area contributed by atoms with E-state index in [2.05, 4.69) is 112 Å². The normalized spacial score (nSPS) is 13.7. The molecule has 0 bridgehead atoms. The molecule has 0 aliphatic carbocycles. The molecule has 2 N–H and O–H groups in total. The minimum absolute atomic E-state index is 0.137. The van der Waals surface area contributed by atoms with E-state index >= 15 is 0 Å². The van der Waals surface area contributed by atoms with Crippen molar-refractivity contribution < 1.29 is 36.9 Å². The van der Waals surface area contributed by atoms with Gasteiger partial charge in [0, 0.05) is 51.8 Å². The highest BCUT2D eigenvalue weighted by Crippen LogP contribution is 2.49. The number of hydrogen-bond acceptors (Lipinski definition) is 6. The second kappa shape index (κ2) is 26.3. The highest BCUT2D eigenvalue weighted by atomic mass is 19.3. The third kappa shape index (κ3) is 14.9. The number of likely N-dealkylation sites (tertiary alicyclic amines) is 1. The number of likely N-dealkylation sites (N-methyl/N-ethyl adjacent to an activating group) is 1. The van der Waals surface area contributed by atoms with Crippen molar-refractivity contribution in [3.63, 3.8) is 0 Å². The van der Waals surface area contributed by atoms with E-state index in [1.54, 1.807) is 19.1 Å². The molecule has 0 amide bonds. The molecule has 0 spiro atoms. The summed E-state index contributed by atoms with van der Waals surface area (Å²) in [6.45, 7) is 19.1. The highest BCUT2D eigenvalue weighted by molar-refractivity contribution is 6.01. The van der Waals surface area contributed by atoms with Crippen molar-refractivity contribution in [1.29, 1.82) is 0 Å². The Morgan fingerprint density at radius 3 is 1.93 bits per heavy atom. The first kappa shape index (κ1) is 53.3. The minimum Gasteiger partial charge on any atom is -0.496 e. The average molecular weight is 816 g/mol. The predicted octanol–water partition coefficient (Wildman–Crippen LogP) is 11.4. The van der Waals surface area contributed by atoms with Crippen molar-refractivity contribution in [3.05, 3.63) is 83.7 Å². The molecule has 58 heavy (non-hydrogen) atoms. The Bertz CT molecular complexity index is 1700. The molecule has 0 radical (unpaired) electrons. The molecule has 0 saturated carbocycles. The van der Waals surface area contributed by atoms with E-state index in [0.717, 1.165) is 62.3 Å². The molecule has 7 nitrogen and oxygen atoms in total. The number of ether oxygens (including phenoxy) is 2. The lowest BCUT2D eigenvalue weighted by Crippen LogP contribution is -2.53. The lowest BCUT2D eigenvalue weighted by atomic mass is 9.71. The Labute approximate surface area is 346 Å². The van der Waals surface area contributed by atoms with Crippen LogP contribution in [0.3, 0.4) is 0 Å². The van der Waals surface area contributed by atoms with Crippen LogP contribution in [0.25, 0.3) is 21.9 Å². The Morgan fingerprint density at radius 2 is 1.50 bits per heavy atom. The van der Waals surface area contributed by atoms with Crippen LogP contribution in [0.2, 0.25) is 0 Å². The number of nitrogens with one attached hydrogen (secondary N) is 1. The lowest BCUT2D eigenvalue weighted by Gasteiger charge is -2.46. The molecule has 0 atom stereocenters. The first-order valence-electron chi connectivity index (χ1n) is 20.0. The second-order valence-corrected chi connectivity index (χ2v) is 13.8. The standard InChI is InChI=1S/C28H35NO2.C14H24F4N2.C2H6.C2H2.CH2O2/c1-7-12-21-13-10-15-24-23(21)14-11-16-25(24)28-26(30-5)18-20(19-27(28)31-6)17-22(8-2)29(4)9-3;1-5-19-11(2)14(13(4,17)18)6-8-20(9-7-14)10-12(3,15)16;2*1-2;2-1-3/h8,10-11,13-16,18-19H,7,9,12,17H2,1-6H3;19H,2,5-10H2,1,3-4H3;1-2H3;1-2H;1H,(H,2,3)/b22-8-;;;;. The summed E-state index contributed by atoms with van der Waals surface area (Å²) in [5, 5.41) is 12.3. The van der Waals surface area contributed by atoms with Crippen molar-refractivity contribution in [2.75, 3.05) is 54.0 Å². The zero-order valence-electron chi connectivity index (χ0n) is 36.8. The largest absolute Gasteiger partial charge is 0.496 e. The summed E-state index contributed by atoms with van der Waals surface area (Å²) in [5.74, 6) is -4.03. The number of fused-ring (bicyclic) bond motifs is 1. The van der Waals surface area contributed by atoms with Gasteiger partial charge in [-0.25, -0.2) is 17.6 Å². The molecule has 1 aliphatic heterocycles. The van der Waals surface area contributed by atoms with Gasteiger partial charge in [-0.15, -0.1) is 12.8 Å². The number of hydrogen-bond donors (Lipinski definition) is 2. The smallest absolute Gasteiger partial charge is 0.290 e. The number of allylic oxidation sites excluding steroid dienone is 3. The van der Waals surface area contributed by atoms with Crippen molar-refractivity contribution in [1.82, 2.24) is 15.1 Å². The Balaban J connectivity index is 0.00000104. The van der Waals surface area contributed by atoms with Crippen LogP contribution in [0, 0.1) is 18.3 Å². The molecule has 11 heteroatoms. The van der Waals surface area contributed by atoms with Gasteiger partial charge in [0.25, 0.3) is 18.3 Å². The van der Waals surface area contributed by atoms with Gasteiger partial charge in [-0.05, 0) is 92.7 Å². The molecule has 3 aromatic carbocycles. The van der Waals surface area contributed by atoms with Gasteiger partial charge < -0.3 is 24.8 Å².